The third kappa shape index (κ3) is 5.15. The molecule has 36 heavy (non-hydrogen) atoms. The lowest BCUT2D eigenvalue weighted by molar-refractivity contribution is 0.0489. The van der Waals surface area contributed by atoms with Gasteiger partial charge in [0.2, 0.25) is 0 Å². The number of carbonyl (C=O) groups is 1. The molecule has 3 heterocycles. The van der Waals surface area contributed by atoms with Crippen molar-refractivity contribution in [2.75, 3.05) is 11.9 Å². The molecular weight excluding hydrogens is 456 g/mol. The van der Waals surface area contributed by atoms with Gasteiger partial charge in [-0.05, 0) is 61.9 Å². The zero-order valence-electron chi connectivity index (χ0n) is 19.9. The van der Waals surface area contributed by atoms with Crippen LogP contribution in [0.4, 0.5) is 11.5 Å². The highest BCUT2D eigenvalue weighted by molar-refractivity contribution is 5.89. The van der Waals surface area contributed by atoms with E-state index in [9.17, 15) is 4.79 Å². The second kappa shape index (κ2) is 10.2. The average Bonchev–Trinajstić information content (AvgIpc) is 3.31. The maximum Gasteiger partial charge on any atom is 0.338 e. The highest BCUT2D eigenvalue weighted by atomic mass is 16.5. The molecule has 0 aliphatic rings. The second-order valence-electron chi connectivity index (χ2n) is 8.17. The maximum absolute atomic E-state index is 12.2. The second-order valence-corrected chi connectivity index (χ2v) is 8.17. The van der Waals surface area contributed by atoms with E-state index in [1.165, 1.54) is 6.33 Å². The van der Waals surface area contributed by atoms with Crippen LogP contribution in [0.2, 0.25) is 0 Å². The zero-order valence-corrected chi connectivity index (χ0v) is 19.9. The molecule has 5 aromatic rings. The van der Waals surface area contributed by atoms with Crippen molar-refractivity contribution in [2.45, 2.75) is 20.4 Å². The fraction of sp³-hybridized carbons (Fsp3) is 0.148. The predicted molar refractivity (Wildman–Crippen MR) is 136 cm³/mol. The van der Waals surface area contributed by atoms with Crippen LogP contribution in [0.3, 0.4) is 0 Å². The molecule has 0 atom stereocenters. The van der Waals surface area contributed by atoms with Crippen LogP contribution in [0.15, 0.2) is 79.4 Å². The van der Waals surface area contributed by atoms with E-state index >= 15 is 0 Å². The number of esters is 1. The molecule has 2 aromatic carbocycles. The van der Waals surface area contributed by atoms with Crippen LogP contribution >= 0.6 is 0 Å². The van der Waals surface area contributed by atoms with E-state index in [1.54, 1.807) is 41.3 Å². The highest BCUT2D eigenvalue weighted by Crippen LogP contribution is 2.29. The van der Waals surface area contributed by atoms with E-state index in [2.05, 4.69) is 25.4 Å². The van der Waals surface area contributed by atoms with Crippen molar-refractivity contribution in [3.8, 4) is 11.5 Å². The van der Waals surface area contributed by atoms with Crippen LogP contribution in [0, 0.1) is 13.8 Å². The van der Waals surface area contributed by atoms with Crippen molar-refractivity contribution in [1.82, 2.24) is 24.7 Å². The topological polar surface area (TPSA) is 104 Å². The molecule has 0 fully saturated rings. The lowest BCUT2D eigenvalue weighted by atomic mass is 10.2. The molecule has 9 nitrogen and oxygen atoms in total. The molecular formula is C27H24N6O3. The lowest BCUT2D eigenvalue weighted by Gasteiger charge is -2.13. The third-order valence-electron chi connectivity index (χ3n) is 5.52. The minimum Gasteiger partial charge on any atom is -0.460 e. The molecule has 0 saturated carbocycles. The van der Waals surface area contributed by atoms with E-state index < -0.39 is 0 Å². The van der Waals surface area contributed by atoms with Crippen molar-refractivity contribution in [3.63, 3.8) is 0 Å². The molecule has 0 bridgehead atoms. The van der Waals surface area contributed by atoms with Gasteiger partial charge < -0.3 is 14.8 Å². The van der Waals surface area contributed by atoms with Crippen molar-refractivity contribution in [1.29, 1.82) is 0 Å². The van der Waals surface area contributed by atoms with Gasteiger partial charge in [-0.3, -0.25) is 9.67 Å². The van der Waals surface area contributed by atoms with Gasteiger partial charge in [-0.25, -0.2) is 14.8 Å². The van der Waals surface area contributed by atoms with Crippen LogP contribution in [0.25, 0.3) is 11.0 Å². The van der Waals surface area contributed by atoms with Gasteiger partial charge in [-0.1, -0.05) is 18.2 Å². The number of hydrogen-bond donors (Lipinski definition) is 1. The quantitative estimate of drug-likeness (QED) is 0.301. The number of benzene rings is 2. The van der Waals surface area contributed by atoms with E-state index in [1.807, 2.05) is 50.2 Å². The third-order valence-corrected chi connectivity index (χ3v) is 5.52. The first kappa shape index (κ1) is 23.0. The van der Waals surface area contributed by atoms with E-state index in [0.717, 1.165) is 28.2 Å². The molecule has 0 unspecified atom stereocenters. The summed E-state index contributed by atoms with van der Waals surface area (Å²) >= 11 is 0. The van der Waals surface area contributed by atoms with Gasteiger partial charge in [0, 0.05) is 11.4 Å². The van der Waals surface area contributed by atoms with E-state index in [0.29, 0.717) is 29.2 Å². The van der Waals surface area contributed by atoms with Crippen molar-refractivity contribution in [2.24, 2.45) is 0 Å². The summed E-state index contributed by atoms with van der Waals surface area (Å²) in [5, 5.41) is 7.76. The van der Waals surface area contributed by atoms with E-state index in [4.69, 9.17) is 9.47 Å². The summed E-state index contributed by atoms with van der Waals surface area (Å²) in [4.78, 5) is 25.2. The number of aryl methyl sites for hydroxylation is 2. The first-order chi connectivity index (χ1) is 17.6. The summed E-state index contributed by atoms with van der Waals surface area (Å²) in [6.45, 7) is 4.43. The average molecular weight is 481 g/mol. The predicted octanol–water partition coefficient (Wildman–Crippen LogP) is 5.23. The number of nitrogens with one attached hydrogen (secondary N) is 1. The first-order valence-corrected chi connectivity index (χ1v) is 11.4. The van der Waals surface area contributed by atoms with Crippen LogP contribution in [-0.4, -0.2) is 37.3 Å². The summed E-state index contributed by atoms with van der Waals surface area (Å²) in [5.41, 5.74) is 4.64. The fourth-order valence-electron chi connectivity index (χ4n) is 3.69. The molecule has 3 aromatic heterocycles. The van der Waals surface area contributed by atoms with Crippen LogP contribution < -0.4 is 10.1 Å². The number of anilines is 2. The number of fused-ring (bicyclic) bond motifs is 1. The number of ether oxygens (including phenoxy) is 2. The number of hydrogen-bond acceptors (Lipinski definition) is 8. The Morgan fingerprint density at radius 3 is 2.61 bits per heavy atom. The zero-order chi connectivity index (χ0) is 24.9. The normalized spacial score (nSPS) is 10.8. The number of nitrogens with zero attached hydrogens (tertiary/aromatic N) is 5. The Balaban J connectivity index is 1.30. The molecule has 0 radical (unpaired) electrons. The van der Waals surface area contributed by atoms with Gasteiger partial charge >= 0.3 is 5.97 Å². The Bertz CT molecular complexity index is 1500. The largest absolute Gasteiger partial charge is 0.460 e. The van der Waals surface area contributed by atoms with Crippen molar-refractivity contribution in [3.05, 3.63) is 96.2 Å². The van der Waals surface area contributed by atoms with Crippen LogP contribution in [-0.2, 0) is 11.3 Å². The number of aromatic nitrogens is 5. The Hall–Kier alpha value is -4.79. The molecule has 1 N–H and O–H groups in total. The number of pyridine rings is 1. The standard InChI is InChI=1S/C27H24N6O3/c1-18-14-21(9-11-24(18)36-22-10-8-19(2)28-15-22)32-26-25-23(29-17-30-26)16-31-33(25)12-13-35-27(34)20-6-4-3-5-7-20/h3-11,14-17H,12-13H2,1-2H3,(H,29,30,32). The summed E-state index contributed by atoms with van der Waals surface area (Å²) in [5.74, 6) is 1.65. The summed E-state index contributed by atoms with van der Waals surface area (Å²) < 4.78 is 13.1. The SMILES string of the molecule is Cc1ccc(Oc2ccc(Nc3ncnc4cnn(CCOC(=O)c5ccccc5)c34)cc2C)cn1. The number of carbonyl (C=O) groups excluding carboxylic acids is 1. The van der Waals surface area contributed by atoms with Gasteiger partial charge in [0.1, 0.15) is 35.5 Å². The molecule has 5 rings (SSSR count). The Morgan fingerprint density at radius 1 is 0.972 bits per heavy atom. The molecule has 0 saturated heterocycles. The molecule has 180 valence electrons. The van der Waals surface area contributed by atoms with Crippen LogP contribution in [0.5, 0.6) is 11.5 Å². The van der Waals surface area contributed by atoms with Gasteiger partial charge in [-0.15, -0.1) is 0 Å². The fourth-order valence-corrected chi connectivity index (χ4v) is 3.69. The van der Waals surface area contributed by atoms with Crippen molar-refractivity contribution >= 4 is 28.5 Å². The first-order valence-electron chi connectivity index (χ1n) is 11.4. The minimum absolute atomic E-state index is 0.165. The molecule has 9 heteroatoms. The lowest BCUT2D eigenvalue weighted by Crippen LogP contribution is -2.13. The maximum atomic E-state index is 12.2. The Kier molecular flexibility index (Phi) is 6.53. The molecule has 0 spiro atoms. The Labute approximate surface area is 207 Å². The highest BCUT2D eigenvalue weighted by Gasteiger charge is 2.13. The summed E-state index contributed by atoms with van der Waals surface area (Å²) in [6, 6.07) is 18.5. The van der Waals surface area contributed by atoms with Crippen molar-refractivity contribution < 1.29 is 14.3 Å². The van der Waals surface area contributed by atoms with E-state index in [-0.39, 0.29) is 12.6 Å². The van der Waals surface area contributed by atoms with Gasteiger partial charge in [-0.2, -0.15) is 5.10 Å². The summed E-state index contributed by atoms with van der Waals surface area (Å²) in [6.07, 6.45) is 4.86. The van der Waals surface area contributed by atoms with Gasteiger partial charge in [0.05, 0.1) is 24.5 Å². The number of rotatable bonds is 8. The summed E-state index contributed by atoms with van der Waals surface area (Å²) in [7, 11) is 0. The minimum atomic E-state index is -0.374. The van der Waals surface area contributed by atoms with Gasteiger partial charge in [0.25, 0.3) is 0 Å². The molecule has 0 aliphatic heterocycles. The molecule has 0 amide bonds. The van der Waals surface area contributed by atoms with Crippen LogP contribution in [0.1, 0.15) is 21.6 Å². The molecule has 0 aliphatic carbocycles. The van der Waals surface area contributed by atoms with Gasteiger partial charge in [0.15, 0.2) is 5.82 Å². The smallest absolute Gasteiger partial charge is 0.338 e. The monoisotopic (exact) mass is 480 g/mol. The Morgan fingerprint density at radius 2 is 1.83 bits per heavy atom.